The Morgan fingerprint density at radius 1 is 1.12 bits per heavy atom. The summed E-state index contributed by atoms with van der Waals surface area (Å²) in [6.07, 6.45) is 0.563. The molecule has 0 spiro atoms. The van der Waals surface area contributed by atoms with Crippen molar-refractivity contribution < 1.29 is 14.7 Å². The molecule has 8 heteroatoms. The number of carbonyl (C=O) groups is 2. The number of aliphatic hydroxyl groups excluding tert-OH is 1. The van der Waals surface area contributed by atoms with Crippen molar-refractivity contribution in [2.75, 3.05) is 26.2 Å². The molecule has 166 valence electrons. The van der Waals surface area contributed by atoms with Crippen LogP contribution in [0.25, 0.3) is 11.1 Å². The summed E-state index contributed by atoms with van der Waals surface area (Å²) in [6, 6.07) is 15.6. The summed E-state index contributed by atoms with van der Waals surface area (Å²) in [7, 11) is 0. The van der Waals surface area contributed by atoms with Gasteiger partial charge in [-0.25, -0.2) is 0 Å². The van der Waals surface area contributed by atoms with E-state index in [-0.39, 0.29) is 24.2 Å². The minimum Gasteiger partial charge on any atom is -0.395 e. The molecule has 3 aromatic rings. The molecule has 32 heavy (non-hydrogen) atoms. The highest BCUT2D eigenvalue weighted by atomic mass is 16.3. The Morgan fingerprint density at radius 3 is 2.41 bits per heavy atom. The average Bonchev–Trinajstić information content (AvgIpc) is 3.19. The van der Waals surface area contributed by atoms with Crippen molar-refractivity contribution in [1.82, 2.24) is 20.4 Å². The number of aliphatic hydroxyl groups is 1. The van der Waals surface area contributed by atoms with Crippen LogP contribution < -0.4 is 11.1 Å². The van der Waals surface area contributed by atoms with Gasteiger partial charge in [-0.2, -0.15) is 5.10 Å². The van der Waals surface area contributed by atoms with E-state index in [1.54, 1.807) is 4.90 Å². The van der Waals surface area contributed by atoms with Crippen LogP contribution in [0.1, 0.15) is 37.7 Å². The minimum absolute atomic E-state index is 0.0166. The van der Waals surface area contributed by atoms with Gasteiger partial charge in [0.1, 0.15) is 0 Å². The zero-order valence-corrected chi connectivity index (χ0v) is 18.0. The highest BCUT2D eigenvalue weighted by Crippen LogP contribution is 2.23. The molecule has 2 aromatic carbocycles. The smallest absolute Gasteiger partial charge is 0.269 e. The first kappa shape index (κ1) is 21.7. The van der Waals surface area contributed by atoms with E-state index in [1.807, 2.05) is 55.5 Å². The van der Waals surface area contributed by atoms with Crippen molar-refractivity contribution in [2.24, 2.45) is 5.73 Å². The fraction of sp³-hybridized carbons (Fsp3) is 0.292. The van der Waals surface area contributed by atoms with Crippen LogP contribution in [-0.4, -0.2) is 64.3 Å². The highest BCUT2D eigenvalue weighted by molar-refractivity contribution is 5.95. The third-order valence-electron chi connectivity index (χ3n) is 5.87. The number of primary amides is 1. The van der Waals surface area contributed by atoms with Gasteiger partial charge in [0.15, 0.2) is 5.69 Å². The highest BCUT2D eigenvalue weighted by Gasteiger charge is 2.23. The molecule has 1 atom stereocenters. The third-order valence-corrected chi connectivity index (χ3v) is 5.87. The number of nitrogens with one attached hydrogen (secondary N) is 2. The fourth-order valence-electron chi connectivity index (χ4n) is 4.01. The van der Waals surface area contributed by atoms with Gasteiger partial charge in [0, 0.05) is 48.9 Å². The maximum absolute atomic E-state index is 12.8. The van der Waals surface area contributed by atoms with E-state index in [0.29, 0.717) is 31.6 Å². The number of nitrogens with two attached hydrogens (primary N) is 1. The number of rotatable bonds is 6. The SMILES string of the molecule is Cc1[nH]nc(C(N)=O)c1Cc1ccc(-c2ccc(C(=O)N3CCNC(CO)C3)cc2)cc1. The topological polar surface area (TPSA) is 124 Å². The van der Waals surface area contributed by atoms with Crippen molar-refractivity contribution in [3.8, 4) is 11.1 Å². The lowest BCUT2D eigenvalue weighted by Gasteiger charge is -2.32. The van der Waals surface area contributed by atoms with Gasteiger partial charge in [0.05, 0.1) is 6.61 Å². The number of hydrogen-bond donors (Lipinski definition) is 4. The number of amides is 2. The minimum atomic E-state index is -0.539. The summed E-state index contributed by atoms with van der Waals surface area (Å²) in [5.74, 6) is -0.559. The molecule has 1 aromatic heterocycles. The molecular formula is C24H27N5O3. The number of aromatic amines is 1. The zero-order chi connectivity index (χ0) is 22.7. The van der Waals surface area contributed by atoms with Gasteiger partial charge in [-0.15, -0.1) is 0 Å². The van der Waals surface area contributed by atoms with Gasteiger partial charge in [0.25, 0.3) is 11.8 Å². The van der Waals surface area contributed by atoms with Gasteiger partial charge in [0.2, 0.25) is 0 Å². The molecule has 1 unspecified atom stereocenters. The molecule has 8 nitrogen and oxygen atoms in total. The quantitative estimate of drug-likeness (QED) is 0.469. The molecule has 0 radical (unpaired) electrons. The molecule has 2 heterocycles. The standard InChI is InChI=1S/C24H27N5O3/c1-15-21(22(23(25)31)28-27-15)12-16-2-4-17(5-3-16)18-6-8-19(9-7-18)24(32)29-11-10-26-20(13-29)14-30/h2-9,20,26,30H,10-14H2,1H3,(H2,25,31)(H,27,28). The van der Waals surface area contributed by atoms with Crippen LogP contribution in [0.4, 0.5) is 0 Å². The van der Waals surface area contributed by atoms with Crippen molar-refractivity contribution in [1.29, 1.82) is 0 Å². The van der Waals surface area contributed by atoms with Crippen LogP contribution in [0.5, 0.6) is 0 Å². The van der Waals surface area contributed by atoms with Crippen LogP contribution >= 0.6 is 0 Å². The Labute approximate surface area is 186 Å². The second-order valence-corrected chi connectivity index (χ2v) is 8.08. The molecule has 1 aliphatic heterocycles. The predicted molar refractivity (Wildman–Crippen MR) is 121 cm³/mol. The molecule has 0 saturated carbocycles. The van der Waals surface area contributed by atoms with Crippen molar-refractivity contribution in [2.45, 2.75) is 19.4 Å². The Hall–Kier alpha value is -3.49. The van der Waals surface area contributed by atoms with Gasteiger partial charge in [-0.05, 0) is 35.7 Å². The number of hydrogen-bond acceptors (Lipinski definition) is 5. The maximum atomic E-state index is 12.8. The number of piperazine rings is 1. The molecule has 1 aliphatic rings. The molecule has 0 aliphatic carbocycles. The van der Waals surface area contributed by atoms with Crippen molar-refractivity contribution in [3.05, 3.63) is 76.6 Å². The predicted octanol–water partition coefficient (Wildman–Crippen LogP) is 1.48. The summed E-state index contributed by atoms with van der Waals surface area (Å²) in [4.78, 5) is 26.1. The monoisotopic (exact) mass is 433 g/mol. The van der Waals surface area contributed by atoms with E-state index in [4.69, 9.17) is 5.73 Å². The largest absolute Gasteiger partial charge is 0.395 e. The lowest BCUT2D eigenvalue weighted by molar-refractivity contribution is 0.0671. The van der Waals surface area contributed by atoms with Gasteiger partial charge >= 0.3 is 0 Å². The Morgan fingerprint density at radius 2 is 1.78 bits per heavy atom. The van der Waals surface area contributed by atoms with E-state index < -0.39 is 5.91 Å². The summed E-state index contributed by atoms with van der Waals surface area (Å²) in [6.45, 7) is 3.71. The van der Waals surface area contributed by atoms with Crippen LogP contribution in [0, 0.1) is 6.92 Å². The van der Waals surface area contributed by atoms with E-state index in [2.05, 4.69) is 15.5 Å². The van der Waals surface area contributed by atoms with Gasteiger partial charge in [-0.1, -0.05) is 36.4 Å². The Kier molecular flexibility index (Phi) is 6.34. The average molecular weight is 434 g/mol. The number of H-pyrrole nitrogens is 1. The van der Waals surface area contributed by atoms with Crippen molar-refractivity contribution >= 4 is 11.8 Å². The van der Waals surface area contributed by atoms with Crippen LogP contribution in [0.3, 0.4) is 0 Å². The Bertz CT molecular complexity index is 1110. The molecule has 0 bridgehead atoms. The first-order valence-corrected chi connectivity index (χ1v) is 10.6. The number of aromatic nitrogens is 2. The molecule has 1 saturated heterocycles. The van der Waals surface area contributed by atoms with Crippen LogP contribution in [0.2, 0.25) is 0 Å². The van der Waals surface area contributed by atoms with E-state index >= 15 is 0 Å². The molecule has 1 fully saturated rings. The number of nitrogens with zero attached hydrogens (tertiary/aromatic N) is 2. The summed E-state index contributed by atoms with van der Waals surface area (Å²) >= 11 is 0. The molecular weight excluding hydrogens is 406 g/mol. The van der Waals surface area contributed by atoms with Gasteiger partial charge in [-0.3, -0.25) is 14.7 Å². The third kappa shape index (κ3) is 4.56. The number of aryl methyl sites for hydroxylation is 1. The molecule has 5 N–H and O–H groups in total. The Balaban J connectivity index is 1.45. The summed E-state index contributed by atoms with van der Waals surface area (Å²) < 4.78 is 0. The van der Waals surface area contributed by atoms with Gasteiger partial charge < -0.3 is 21.1 Å². The normalized spacial score (nSPS) is 16.2. The summed E-state index contributed by atoms with van der Waals surface area (Å²) in [5.41, 5.74) is 11.1. The van der Waals surface area contributed by atoms with E-state index in [1.165, 1.54) is 0 Å². The number of benzene rings is 2. The first-order chi connectivity index (χ1) is 15.5. The second-order valence-electron chi connectivity index (χ2n) is 8.08. The fourth-order valence-corrected chi connectivity index (χ4v) is 4.01. The van der Waals surface area contributed by atoms with E-state index in [0.717, 1.165) is 27.9 Å². The maximum Gasteiger partial charge on any atom is 0.269 e. The zero-order valence-electron chi connectivity index (χ0n) is 18.0. The summed E-state index contributed by atoms with van der Waals surface area (Å²) in [5, 5.41) is 19.4. The molecule has 4 rings (SSSR count). The van der Waals surface area contributed by atoms with Crippen molar-refractivity contribution in [3.63, 3.8) is 0 Å². The van der Waals surface area contributed by atoms with Crippen LogP contribution in [0.15, 0.2) is 48.5 Å². The lowest BCUT2D eigenvalue weighted by atomic mass is 9.98. The first-order valence-electron chi connectivity index (χ1n) is 10.6. The second kappa shape index (κ2) is 9.33. The van der Waals surface area contributed by atoms with E-state index in [9.17, 15) is 14.7 Å². The van der Waals surface area contributed by atoms with Crippen LogP contribution in [-0.2, 0) is 6.42 Å². The lowest BCUT2D eigenvalue weighted by Crippen LogP contribution is -2.54. The molecule has 2 amide bonds. The number of carbonyl (C=O) groups excluding carboxylic acids is 2.